The summed E-state index contributed by atoms with van der Waals surface area (Å²) in [6.07, 6.45) is 4.66. The van der Waals surface area contributed by atoms with Crippen LogP contribution in [0, 0.1) is 18.3 Å². The zero-order valence-corrected chi connectivity index (χ0v) is 25.1. The second-order valence-corrected chi connectivity index (χ2v) is 12.9. The van der Waals surface area contributed by atoms with Gasteiger partial charge in [-0.15, -0.1) is 0 Å². The van der Waals surface area contributed by atoms with Crippen LogP contribution in [0.3, 0.4) is 0 Å². The highest BCUT2D eigenvalue weighted by Crippen LogP contribution is 2.43. The van der Waals surface area contributed by atoms with Gasteiger partial charge in [0.1, 0.15) is 0 Å². The molecule has 0 saturated carbocycles. The lowest BCUT2D eigenvalue weighted by Gasteiger charge is -2.41. The van der Waals surface area contributed by atoms with Crippen molar-refractivity contribution in [1.29, 1.82) is 0 Å². The maximum Gasteiger partial charge on any atom is 0.340 e. The van der Waals surface area contributed by atoms with E-state index in [1.54, 1.807) is 0 Å². The van der Waals surface area contributed by atoms with E-state index in [0.717, 1.165) is 54.0 Å². The average Bonchev–Trinajstić information content (AvgIpc) is 2.81. The Morgan fingerprint density at radius 3 is 2.24 bits per heavy atom. The molecule has 210 valence electrons. The molecular weight excluding hydrogens is 478 g/mol. The Balaban J connectivity index is 2.17. The van der Waals surface area contributed by atoms with Crippen LogP contribution in [0.4, 0.5) is 5.69 Å². The predicted molar refractivity (Wildman–Crippen MR) is 153 cm³/mol. The van der Waals surface area contributed by atoms with E-state index >= 15 is 0 Å². The van der Waals surface area contributed by atoms with E-state index in [1.807, 2.05) is 66.1 Å². The summed E-state index contributed by atoms with van der Waals surface area (Å²) < 4.78 is 18.0. The van der Waals surface area contributed by atoms with E-state index in [1.165, 1.54) is 0 Å². The molecule has 0 aromatic carbocycles. The number of piperidine rings is 1. The van der Waals surface area contributed by atoms with Crippen LogP contribution in [-0.2, 0) is 14.3 Å². The molecule has 0 N–H and O–H groups in total. The van der Waals surface area contributed by atoms with Crippen molar-refractivity contribution in [3.63, 3.8) is 0 Å². The minimum Gasteiger partial charge on any atom is -0.477 e. The van der Waals surface area contributed by atoms with Crippen LogP contribution in [-0.4, -0.2) is 47.3 Å². The van der Waals surface area contributed by atoms with Crippen molar-refractivity contribution in [2.75, 3.05) is 24.6 Å². The van der Waals surface area contributed by atoms with Gasteiger partial charge in [0.25, 0.3) is 0 Å². The van der Waals surface area contributed by atoms with Crippen LogP contribution in [0.15, 0.2) is 24.5 Å². The summed E-state index contributed by atoms with van der Waals surface area (Å²) in [6, 6.07) is 3.92. The molecule has 0 radical (unpaired) electrons. The SMILES string of the molecule is Cc1ncc(-c2ccc(OCC(C)C)nc2)c(N2CCC(C)(C)CC2)c1[C@H](OC(C)(C)C)C(=O)OC(C)C. The fraction of sp³-hybridized carbons (Fsp3) is 0.645. The van der Waals surface area contributed by atoms with E-state index in [-0.39, 0.29) is 11.5 Å². The molecule has 38 heavy (non-hydrogen) atoms. The number of nitrogens with zero attached hydrogens (tertiary/aromatic N) is 3. The van der Waals surface area contributed by atoms with E-state index in [9.17, 15) is 4.79 Å². The minimum atomic E-state index is -0.906. The molecule has 0 aliphatic carbocycles. The molecule has 7 heteroatoms. The molecule has 0 bridgehead atoms. The van der Waals surface area contributed by atoms with Gasteiger partial charge >= 0.3 is 5.97 Å². The van der Waals surface area contributed by atoms with Gasteiger partial charge in [-0.1, -0.05) is 27.7 Å². The lowest BCUT2D eigenvalue weighted by molar-refractivity contribution is -0.171. The van der Waals surface area contributed by atoms with Gasteiger partial charge in [0.15, 0.2) is 6.10 Å². The third-order valence-electron chi connectivity index (χ3n) is 6.63. The number of anilines is 1. The highest BCUT2D eigenvalue weighted by Gasteiger charge is 2.37. The molecule has 2 aromatic rings. The maximum absolute atomic E-state index is 13.5. The highest BCUT2D eigenvalue weighted by atomic mass is 16.6. The number of rotatable bonds is 9. The third-order valence-corrected chi connectivity index (χ3v) is 6.63. The number of esters is 1. The Kier molecular flexibility index (Phi) is 9.45. The van der Waals surface area contributed by atoms with Gasteiger partial charge in [-0.25, -0.2) is 9.78 Å². The number of hydrogen-bond acceptors (Lipinski definition) is 7. The molecule has 0 spiro atoms. The van der Waals surface area contributed by atoms with Crippen LogP contribution in [0.25, 0.3) is 11.1 Å². The number of ether oxygens (including phenoxy) is 3. The van der Waals surface area contributed by atoms with Crippen molar-refractivity contribution < 1.29 is 19.0 Å². The Morgan fingerprint density at radius 2 is 1.71 bits per heavy atom. The quantitative estimate of drug-likeness (QED) is 0.329. The normalized spacial score (nSPS) is 16.6. The molecule has 7 nitrogen and oxygen atoms in total. The summed E-state index contributed by atoms with van der Waals surface area (Å²) >= 11 is 0. The van der Waals surface area contributed by atoms with Crippen molar-refractivity contribution in [3.05, 3.63) is 35.8 Å². The fourth-order valence-corrected chi connectivity index (χ4v) is 4.56. The van der Waals surface area contributed by atoms with Gasteiger partial charge in [0.2, 0.25) is 5.88 Å². The van der Waals surface area contributed by atoms with E-state index in [4.69, 9.17) is 19.2 Å². The van der Waals surface area contributed by atoms with Crippen molar-refractivity contribution in [3.8, 4) is 17.0 Å². The summed E-state index contributed by atoms with van der Waals surface area (Å²) in [4.78, 5) is 25.2. The summed E-state index contributed by atoms with van der Waals surface area (Å²) in [6.45, 7) is 22.7. The van der Waals surface area contributed by atoms with Crippen molar-refractivity contribution in [2.24, 2.45) is 11.3 Å². The van der Waals surface area contributed by atoms with Crippen LogP contribution in [0.5, 0.6) is 5.88 Å². The lowest BCUT2D eigenvalue weighted by Crippen LogP contribution is -2.39. The van der Waals surface area contributed by atoms with Gasteiger partial charge in [0.05, 0.1) is 24.0 Å². The Hall–Kier alpha value is -2.67. The van der Waals surface area contributed by atoms with Crippen LogP contribution >= 0.6 is 0 Å². The zero-order chi connectivity index (χ0) is 28.3. The third kappa shape index (κ3) is 7.92. The molecular formula is C31H47N3O4. The first kappa shape index (κ1) is 29.9. The van der Waals surface area contributed by atoms with Gasteiger partial charge < -0.3 is 19.1 Å². The predicted octanol–water partition coefficient (Wildman–Crippen LogP) is 6.92. The molecule has 1 aliphatic rings. The molecule has 0 amide bonds. The van der Waals surface area contributed by atoms with Crippen molar-refractivity contribution in [2.45, 2.75) is 99.9 Å². The molecule has 1 fully saturated rings. The molecule has 3 heterocycles. The number of carbonyl (C=O) groups excluding carboxylic acids is 1. The van der Waals surface area contributed by atoms with Gasteiger partial charge in [0, 0.05) is 53.9 Å². The number of aromatic nitrogens is 2. The number of aryl methyl sites for hydroxylation is 1. The first-order chi connectivity index (χ1) is 17.7. The summed E-state index contributed by atoms with van der Waals surface area (Å²) in [7, 11) is 0. The van der Waals surface area contributed by atoms with Gasteiger partial charge in [-0.3, -0.25) is 4.98 Å². The first-order valence-electron chi connectivity index (χ1n) is 13.9. The van der Waals surface area contributed by atoms with Crippen molar-refractivity contribution >= 4 is 11.7 Å². The van der Waals surface area contributed by atoms with Crippen molar-refractivity contribution in [1.82, 2.24) is 9.97 Å². The van der Waals surface area contributed by atoms with Crippen LogP contribution < -0.4 is 9.64 Å². The molecule has 1 aliphatic heterocycles. The monoisotopic (exact) mass is 525 g/mol. The Morgan fingerprint density at radius 1 is 1.05 bits per heavy atom. The standard InChI is InChI=1S/C31H47N3O4/c1-20(2)19-36-25-12-11-23(17-33-25)24-18-32-22(5)26(27(24)34-15-13-31(9,10)14-16-34)28(38-30(6,7)8)29(35)37-21(3)4/h11-12,17-18,20-21,28H,13-16,19H2,1-10H3/t28-/m0/s1. The Bertz CT molecular complexity index is 1080. The molecule has 1 atom stereocenters. The largest absolute Gasteiger partial charge is 0.477 e. The first-order valence-corrected chi connectivity index (χ1v) is 13.9. The van der Waals surface area contributed by atoms with E-state index in [0.29, 0.717) is 18.4 Å². The molecule has 1 saturated heterocycles. The highest BCUT2D eigenvalue weighted by molar-refractivity contribution is 5.87. The lowest BCUT2D eigenvalue weighted by atomic mass is 9.82. The van der Waals surface area contributed by atoms with E-state index < -0.39 is 17.7 Å². The molecule has 2 aromatic heterocycles. The van der Waals surface area contributed by atoms with Gasteiger partial charge in [-0.2, -0.15) is 0 Å². The smallest absolute Gasteiger partial charge is 0.340 e. The Labute approximate surface area is 229 Å². The summed E-state index contributed by atoms with van der Waals surface area (Å²) in [5.41, 5.74) is 4.04. The van der Waals surface area contributed by atoms with Crippen LogP contribution in [0.1, 0.15) is 92.5 Å². The minimum absolute atomic E-state index is 0.258. The van der Waals surface area contributed by atoms with E-state index in [2.05, 4.69) is 37.6 Å². The second-order valence-electron chi connectivity index (χ2n) is 12.9. The van der Waals surface area contributed by atoms with Gasteiger partial charge in [-0.05, 0) is 71.8 Å². The maximum atomic E-state index is 13.5. The topological polar surface area (TPSA) is 73.8 Å². The summed E-state index contributed by atoms with van der Waals surface area (Å²) in [5, 5.41) is 0. The fourth-order valence-electron chi connectivity index (χ4n) is 4.56. The van der Waals surface area contributed by atoms with Crippen LogP contribution in [0.2, 0.25) is 0 Å². The average molecular weight is 526 g/mol. The number of pyridine rings is 2. The second kappa shape index (κ2) is 12.0. The molecule has 0 unspecified atom stereocenters. The number of carbonyl (C=O) groups is 1. The number of hydrogen-bond donors (Lipinski definition) is 0. The zero-order valence-electron chi connectivity index (χ0n) is 25.1. The summed E-state index contributed by atoms with van der Waals surface area (Å²) in [5.74, 6) is 0.616. The molecule has 3 rings (SSSR count).